The van der Waals surface area contributed by atoms with Gasteiger partial charge in [-0.25, -0.2) is 0 Å². The second kappa shape index (κ2) is 5.51. The number of ether oxygens (including phenoxy) is 2. The molecule has 1 amide bonds. The van der Waals surface area contributed by atoms with E-state index in [2.05, 4.69) is 4.90 Å². The van der Waals surface area contributed by atoms with Gasteiger partial charge in [0.1, 0.15) is 12.4 Å². The number of carbonyl (C=O) groups excluding carboxylic acids is 1. The Labute approximate surface area is 135 Å². The summed E-state index contributed by atoms with van der Waals surface area (Å²) in [6.07, 6.45) is 0. The first-order valence-electron chi connectivity index (χ1n) is 7.91. The lowest BCUT2D eigenvalue weighted by Gasteiger charge is -2.55. The molecule has 2 N–H and O–H groups in total. The van der Waals surface area contributed by atoms with Crippen molar-refractivity contribution in [2.45, 2.75) is 0 Å². The van der Waals surface area contributed by atoms with Gasteiger partial charge in [0, 0.05) is 30.4 Å². The van der Waals surface area contributed by atoms with E-state index in [1.165, 1.54) is 0 Å². The van der Waals surface area contributed by atoms with Crippen molar-refractivity contribution in [2.75, 3.05) is 39.5 Å². The molecule has 1 spiro atoms. The van der Waals surface area contributed by atoms with Gasteiger partial charge in [-0.3, -0.25) is 9.69 Å². The summed E-state index contributed by atoms with van der Waals surface area (Å²) >= 11 is 0. The smallest absolute Gasteiger partial charge is 0.252 e. The zero-order chi connectivity index (χ0) is 15.9. The molecule has 0 unspecified atom stereocenters. The van der Waals surface area contributed by atoms with Gasteiger partial charge in [-0.05, 0) is 11.5 Å². The quantitative estimate of drug-likeness (QED) is 0.912. The lowest BCUT2D eigenvalue weighted by atomic mass is 9.78. The van der Waals surface area contributed by atoms with Crippen molar-refractivity contribution in [1.29, 1.82) is 0 Å². The highest BCUT2D eigenvalue weighted by Gasteiger charge is 2.48. The number of primary amides is 1. The fourth-order valence-electron chi connectivity index (χ4n) is 3.50. The lowest BCUT2D eigenvalue weighted by Crippen LogP contribution is -2.66. The average molecular weight is 312 g/mol. The van der Waals surface area contributed by atoms with E-state index in [-0.39, 0.29) is 0 Å². The summed E-state index contributed by atoms with van der Waals surface area (Å²) < 4.78 is 11.2. The highest BCUT2D eigenvalue weighted by atomic mass is 16.5. The first-order valence-corrected chi connectivity index (χ1v) is 7.91. The van der Waals surface area contributed by atoms with Gasteiger partial charge < -0.3 is 15.2 Å². The fourth-order valence-corrected chi connectivity index (χ4v) is 3.50. The Morgan fingerprint density at radius 2 is 2.00 bits per heavy atom. The predicted molar refractivity (Wildman–Crippen MR) is 87.7 cm³/mol. The molecule has 120 valence electrons. The summed E-state index contributed by atoms with van der Waals surface area (Å²) in [5.74, 6) is 0.137. The Bertz CT molecular complexity index is 747. The van der Waals surface area contributed by atoms with Crippen molar-refractivity contribution in [1.82, 2.24) is 4.90 Å². The number of hydrogen-bond donors (Lipinski definition) is 1. The molecule has 0 aromatic heterocycles. The van der Waals surface area contributed by atoms with Gasteiger partial charge in [0.25, 0.3) is 5.91 Å². The molecule has 0 atom stereocenters. The SMILES string of the molecule is NC(=O)c1ccc2ccccc2c1OCCN1CC2(COC2)C1. The van der Waals surface area contributed by atoms with Gasteiger partial charge in [-0.2, -0.15) is 0 Å². The molecule has 0 radical (unpaired) electrons. The monoisotopic (exact) mass is 312 g/mol. The first-order chi connectivity index (χ1) is 11.2. The number of nitrogens with two attached hydrogens (primary N) is 1. The van der Waals surface area contributed by atoms with Gasteiger partial charge in [-0.15, -0.1) is 0 Å². The molecule has 2 aliphatic rings. The molecule has 2 aromatic carbocycles. The number of rotatable bonds is 5. The maximum Gasteiger partial charge on any atom is 0.252 e. The summed E-state index contributed by atoms with van der Waals surface area (Å²) in [4.78, 5) is 14.0. The normalized spacial score (nSPS) is 19.3. The fraction of sp³-hybridized carbons (Fsp3) is 0.389. The molecule has 5 nitrogen and oxygen atoms in total. The van der Waals surface area contributed by atoms with E-state index in [1.807, 2.05) is 30.3 Å². The van der Waals surface area contributed by atoms with Gasteiger partial charge >= 0.3 is 0 Å². The third kappa shape index (κ3) is 2.56. The lowest BCUT2D eigenvalue weighted by molar-refractivity contribution is -0.189. The van der Waals surface area contributed by atoms with E-state index in [4.69, 9.17) is 15.2 Å². The van der Waals surface area contributed by atoms with Crippen LogP contribution in [0.3, 0.4) is 0 Å². The van der Waals surface area contributed by atoms with Crippen LogP contribution in [0, 0.1) is 5.41 Å². The first kappa shape index (κ1) is 14.5. The molecule has 0 saturated carbocycles. The largest absolute Gasteiger partial charge is 0.491 e. The molecule has 5 heteroatoms. The number of hydrogen-bond acceptors (Lipinski definition) is 4. The van der Waals surface area contributed by atoms with E-state index in [9.17, 15) is 4.79 Å². The number of benzene rings is 2. The van der Waals surface area contributed by atoms with Crippen LogP contribution >= 0.6 is 0 Å². The minimum Gasteiger partial charge on any atom is -0.491 e. The van der Waals surface area contributed by atoms with E-state index >= 15 is 0 Å². The summed E-state index contributed by atoms with van der Waals surface area (Å²) in [6.45, 7) is 5.33. The Hall–Kier alpha value is -2.11. The Balaban J connectivity index is 1.46. The Morgan fingerprint density at radius 1 is 1.22 bits per heavy atom. The topological polar surface area (TPSA) is 64.8 Å². The molecule has 4 rings (SSSR count). The van der Waals surface area contributed by atoms with Crippen LogP contribution < -0.4 is 10.5 Å². The van der Waals surface area contributed by atoms with Crippen molar-refractivity contribution in [2.24, 2.45) is 11.1 Å². The zero-order valence-electron chi connectivity index (χ0n) is 13.0. The molecule has 2 heterocycles. The molecule has 0 bridgehead atoms. The molecule has 2 saturated heterocycles. The van der Waals surface area contributed by atoms with Crippen molar-refractivity contribution in [3.63, 3.8) is 0 Å². The summed E-state index contributed by atoms with van der Waals surface area (Å²) in [5, 5.41) is 1.97. The summed E-state index contributed by atoms with van der Waals surface area (Å²) in [5.41, 5.74) is 6.35. The molecule has 0 aliphatic carbocycles. The van der Waals surface area contributed by atoms with Crippen LogP contribution in [0.2, 0.25) is 0 Å². The van der Waals surface area contributed by atoms with Crippen molar-refractivity contribution in [3.8, 4) is 5.75 Å². The average Bonchev–Trinajstić information content (AvgIpc) is 2.47. The van der Waals surface area contributed by atoms with Crippen LogP contribution in [-0.4, -0.2) is 50.3 Å². The second-order valence-electron chi connectivity index (χ2n) is 6.58. The maximum atomic E-state index is 11.7. The molecule has 23 heavy (non-hydrogen) atoms. The van der Waals surface area contributed by atoms with Crippen LogP contribution in [0.15, 0.2) is 36.4 Å². The van der Waals surface area contributed by atoms with Crippen LogP contribution in [0.5, 0.6) is 5.75 Å². The molecule has 2 aromatic rings. The predicted octanol–water partition coefficient (Wildman–Crippen LogP) is 1.65. The van der Waals surface area contributed by atoms with Crippen LogP contribution in [0.25, 0.3) is 10.8 Å². The van der Waals surface area contributed by atoms with Gasteiger partial charge in [-0.1, -0.05) is 30.3 Å². The summed E-state index contributed by atoms with van der Waals surface area (Å²) in [6, 6.07) is 11.5. The number of likely N-dealkylation sites (tertiary alicyclic amines) is 1. The number of carbonyl (C=O) groups is 1. The highest BCUT2D eigenvalue weighted by Crippen LogP contribution is 2.37. The molecular weight excluding hydrogens is 292 g/mol. The van der Waals surface area contributed by atoms with Gasteiger partial charge in [0.15, 0.2) is 0 Å². The maximum absolute atomic E-state index is 11.7. The second-order valence-corrected chi connectivity index (χ2v) is 6.58. The molecule has 2 fully saturated rings. The third-order valence-corrected chi connectivity index (χ3v) is 4.73. The van der Waals surface area contributed by atoms with E-state index < -0.39 is 5.91 Å². The standard InChI is InChI=1S/C18H20N2O3/c19-17(21)15-6-5-13-3-1-2-4-14(13)16(15)23-8-7-20-9-18(10-20)11-22-12-18/h1-6H,7-12H2,(H2,19,21). The van der Waals surface area contributed by atoms with Crippen LogP contribution in [0.4, 0.5) is 0 Å². The van der Waals surface area contributed by atoms with Gasteiger partial charge in [0.05, 0.1) is 18.8 Å². The minimum absolute atomic E-state index is 0.415. The summed E-state index contributed by atoms with van der Waals surface area (Å²) in [7, 11) is 0. The van der Waals surface area contributed by atoms with E-state index in [1.54, 1.807) is 6.07 Å². The van der Waals surface area contributed by atoms with Gasteiger partial charge in [0.2, 0.25) is 0 Å². The number of fused-ring (bicyclic) bond motifs is 1. The third-order valence-electron chi connectivity index (χ3n) is 4.73. The molecule has 2 aliphatic heterocycles. The van der Waals surface area contributed by atoms with Crippen molar-refractivity contribution in [3.05, 3.63) is 42.0 Å². The van der Waals surface area contributed by atoms with Crippen LogP contribution in [-0.2, 0) is 4.74 Å². The number of amides is 1. The van der Waals surface area contributed by atoms with E-state index in [0.29, 0.717) is 23.3 Å². The highest BCUT2D eigenvalue weighted by molar-refractivity contribution is 6.03. The Kier molecular flexibility index (Phi) is 3.47. The zero-order valence-corrected chi connectivity index (χ0v) is 13.0. The van der Waals surface area contributed by atoms with Crippen LogP contribution in [0.1, 0.15) is 10.4 Å². The Morgan fingerprint density at radius 3 is 2.70 bits per heavy atom. The molecular formula is C18H20N2O3. The minimum atomic E-state index is -0.458. The van der Waals surface area contributed by atoms with Crippen molar-refractivity contribution >= 4 is 16.7 Å². The van der Waals surface area contributed by atoms with Crippen molar-refractivity contribution < 1.29 is 14.3 Å². The van der Waals surface area contributed by atoms with E-state index in [0.717, 1.165) is 43.6 Å². The number of nitrogens with zero attached hydrogens (tertiary/aromatic N) is 1.